The second-order valence-electron chi connectivity index (χ2n) is 4.01. The zero-order valence-corrected chi connectivity index (χ0v) is 9.21. The van der Waals surface area contributed by atoms with Gasteiger partial charge in [0.2, 0.25) is 5.78 Å². The minimum atomic E-state index is -0.953. The minimum absolute atomic E-state index is 0.257. The molecule has 0 spiro atoms. The molecule has 1 N–H and O–H groups in total. The average Bonchev–Trinajstić information content (AvgIpc) is 2.90. The molecule has 0 radical (unpaired) electrons. The third-order valence-corrected chi connectivity index (χ3v) is 2.99. The smallest absolute Gasteiger partial charge is 0.208 e. The Morgan fingerprint density at radius 1 is 1.11 bits per heavy atom. The Bertz CT molecular complexity index is 659. The quantitative estimate of drug-likeness (QED) is 0.824. The summed E-state index contributed by atoms with van der Waals surface area (Å²) >= 11 is 0. The molecule has 1 unspecified atom stereocenters. The first-order valence-corrected chi connectivity index (χ1v) is 5.37. The first-order valence-electron chi connectivity index (χ1n) is 5.37. The van der Waals surface area contributed by atoms with E-state index in [2.05, 4.69) is 9.68 Å². The van der Waals surface area contributed by atoms with E-state index in [0.29, 0.717) is 11.3 Å². The maximum absolute atomic E-state index is 12.3. The van der Waals surface area contributed by atoms with Crippen molar-refractivity contribution in [2.45, 2.75) is 5.92 Å². The number of nitrogens with zero attached hydrogens (tertiary/aromatic N) is 1. The van der Waals surface area contributed by atoms with Crippen LogP contribution in [0.5, 0.6) is 0 Å². The fourth-order valence-corrected chi connectivity index (χ4v) is 2.11. The Hall–Kier alpha value is -2.56. The van der Waals surface area contributed by atoms with Crippen molar-refractivity contribution < 1.29 is 14.1 Å². The van der Waals surface area contributed by atoms with Crippen LogP contribution >= 0.6 is 0 Å². The molecule has 1 heterocycles. The highest BCUT2D eigenvalue weighted by atomic mass is 16.5. The van der Waals surface area contributed by atoms with E-state index >= 15 is 0 Å². The van der Waals surface area contributed by atoms with Crippen LogP contribution in [0.25, 0.3) is 0 Å². The van der Waals surface area contributed by atoms with Gasteiger partial charge < -0.3 is 9.93 Å². The first-order chi connectivity index (χ1) is 8.70. The predicted octanol–water partition coefficient (Wildman–Crippen LogP) is 1.86. The summed E-state index contributed by atoms with van der Waals surface area (Å²) in [5.41, 5.74) is 0.666. The maximum Gasteiger partial charge on any atom is 0.208 e. The monoisotopic (exact) mass is 240 g/mol. The molecule has 1 aliphatic carbocycles. The van der Waals surface area contributed by atoms with Gasteiger partial charge in [0.05, 0.1) is 5.71 Å². The molecule has 2 aromatic rings. The molecule has 1 atom stereocenters. The number of fused-ring (bicyclic) bond motifs is 1. The van der Waals surface area contributed by atoms with E-state index in [9.17, 15) is 9.59 Å². The second-order valence-corrected chi connectivity index (χ2v) is 4.01. The fourth-order valence-electron chi connectivity index (χ4n) is 2.11. The highest BCUT2D eigenvalue weighted by Crippen LogP contribution is 2.29. The minimum Gasteiger partial charge on any atom is -0.364 e. The van der Waals surface area contributed by atoms with E-state index in [1.807, 2.05) is 0 Å². The molecule has 0 saturated carbocycles. The Kier molecular flexibility index (Phi) is 2.19. The number of benzene rings is 1. The molecule has 18 heavy (non-hydrogen) atoms. The highest BCUT2D eigenvalue weighted by Gasteiger charge is 2.39. The summed E-state index contributed by atoms with van der Waals surface area (Å²) in [5, 5.41) is 11.5. The SMILES string of the molecule is N=C1C(=O)c2ccccc2C(=O)C1c1ccon1. The number of aromatic nitrogens is 1. The van der Waals surface area contributed by atoms with E-state index in [4.69, 9.17) is 5.41 Å². The number of hydrogen-bond acceptors (Lipinski definition) is 5. The van der Waals surface area contributed by atoms with Crippen LogP contribution in [0.1, 0.15) is 32.3 Å². The van der Waals surface area contributed by atoms with Crippen molar-refractivity contribution in [1.82, 2.24) is 5.16 Å². The molecular weight excluding hydrogens is 232 g/mol. The Morgan fingerprint density at radius 2 is 1.83 bits per heavy atom. The molecule has 1 aliphatic rings. The number of hydrogen-bond donors (Lipinski definition) is 1. The molecule has 0 fully saturated rings. The molecule has 0 saturated heterocycles. The third kappa shape index (κ3) is 1.34. The van der Waals surface area contributed by atoms with Crippen molar-refractivity contribution in [2.24, 2.45) is 0 Å². The topological polar surface area (TPSA) is 84.0 Å². The highest BCUT2D eigenvalue weighted by molar-refractivity contribution is 6.54. The van der Waals surface area contributed by atoms with Gasteiger partial charge in [-0.05, 0) is 0 Å². The van der Waals surface area contributed by atoms with Gasteiger partial charge in [0.25, 0.3) is 0 Å². The third-order valence-electron chi connectivity index (χ3n) is 2.99. The molecule has 3 rings (SSSR count). The van der Waals surface area contributed by atoms with Crippen LogP contribution < -0.4 is 0 Å². The Labute approximate surface area is 102 Å². The van der Waals surface area contributed by atoms with Crippen LogP contribution in [0.3, 0.4) is 0 Å². The Balaban J connectivity index is 2.19. The number of ketones is 2. The summed E-state index contributed by atoms with van der Waals surface area (Å²) in [6, 6.07) is 8.02. The molecule has 88 valence electrons. The molecule has 1 aromatic carbocycles. The van der Waals surface area contributed by atoms with Gasteiger partial charge in [0.1, 0.15) is 17.9 Å². The van der Waals surface area contributed by atoms with E-state index in [1.54, 1.807) is 24.3 Å². The number of carbonyl (C=O) groups excluding carboxylic acids is 2. The van der Waals surface area contributed by atoms with Gasteiger partial charge in [-0.3, -0.25) is 9.59 Å². The fraction of sp³-hybridized carbons (Fsp3) is 0.0769. The largest absolute Gasteiger partial charge is 0.364 e. The summed E-state index contributed by atoms with van der Waals surface area (Å²) < 4.78 is 4.68. The lowest BCUT2D eigenvalue weighted by atomic mass is 9.79. The summed E-state index contributed by atoms with van der Waals surface area (Å²) in [7, 11) is 0. The van der Waals surface area contributed by atoms with E-state index in [-0.39, 0.29) is 17.1 Å². The van der Waals surface area contributed by atoms with Gasteiger partial charge >= 0.3 is 0 Å². The lowest BCUT2D eigenvalue weighted by molar-refractivity contribution is 0.0944. The molecule has 5 heteroatoms. The maximum atomic E-state index is 12.3. The van der Waals surface area contributed by atoms with Gasteiger partial charge in [-0.2, -0.15) is 0 Å². The predicted molar refractivity (Wildman–Crippen MR) is 62.1 cm³/mol. The number of rotatable bonds is 1. The van der Waals surface area contributed by atoms with Gasteiger partial charge in [-0.1, -0.05) is 29.4 Å². The molecule has 5 nitrogen and oxygen atoms in total. The first kappa shape index (κ1) is 10.6. The van der Waals surface area contributed by atoms with Crippen molar-refractivity contribution in [1.29, 1.82) is 5.41 Å². The number of Topliss-reactive ketones (excluding diaryl/α,β-unsaturated/α-hetero) is 2. The van der Waals surface area contributed by atoms with Crippen LogP contribution in [0, 0.1) is 5.41 Å². The van der Waals surface area contributed by atoms with Gasteiger partial charge in [0.15, 0.2) is 5.78 Å². The lowest BCUT2D eigenvalue weighted by Crippen LogP contribution is -2.34. The van der Waals surface area contributed by atoms with E-state index in [0.717, 1.165) is 0 Å². The van der Waals surface area contributed by atoms with Crippen molar-refractivity contribution in [3.63, 3.8) is 0 Å². The van der Waals surface area contributed by atoms with E-state index < -0.39 is 11.7 Å². The molecule has 0 amide bonds. The van der Waals surface area contributed by atoms with Crippen LogP contribution in [-0.4, -0.2) is 22.4 Å². The van der Waals surface area contributed by atoms with Gasteiger partial charge in [0, 0.05) is 17.2 Å². The van der Waals surface area contributed by atoms with Crippen LogP contribution in [0.15, 0.2) is 41.1 Å². The molecule has 1 aromatic heterocycles. The normalized spacial score (nSPS) is 18.9. The molecular formula is C13H8N2O3. The number of nitrogens with one attached hydrogen (secondary N) is 1. The average molecular weight is 240 g/mol. The molecule has 0 bridgehead atoms. The van der Waals surface area contributed by atoms with Crippen LogP contribution in [-0.2, 0) is 0 Å². The molecule has 0 aliphatic heterocycles. The summed E-state index contributed by atoms with van der Waals surface area (Å²) in [5.74, 6) is -1.67. The van der Waals surface area contributed by atoms with E-state index in [1.165, 1.54) is 12.3 Å². The zero-order valence-electron chi connectivity index (χ0n) is 9.21. The summed E-state index contributed by atoms with van der Waals surface area (Å²) in [6.45, 7) is 0. The summed E-state index contributed by atoms with van der Waals surface area (Å²) in [4.78, 5) is 24.3. The zero-order chi connectivity index (χ0) is 12.7. The van der Waals surface area contributed by atoms with Crippen molar-refractivity contribution in [3.8, 4) is 0 Å². The lowest BCUT2D eigenvalue weighted by Gasteiger charge is -2.21. The standard InChI is InChI=1S/C13H8N2O3/c14-11-10(9-5-6-18-15-9)12(16)7-3-1-2-4-8(7)13(11)17/h1-6,10,14H. The summed E-state index contributed by atoms with van der Waals surface area (Å²) in [6.07, 6.45) is 1.32. The van der Waals surface area contributed by atoms with Crippen molar-refractivity contribution >= 4 is 17.3 Å². The van der Waals surface area contributed by atoms with Gasteiger partial charge in [-0.25, -0.2) is 0 Å². The van der Waals surface area contributed by atoms with Gasteiger partial charge in [-0.15, -0.1) is 0 Å². The van der Waals surface area contributed by atoms with Crippen LogP contribution in [0.2, 0.25) is 0 Å². The Morgan fingerprint density at radius 3 is 2.50 bits per heavy atom. The number of carbonyl (C=O) groups is 2. The second kappa shape index (κ2) is 3.73. The van der Waals surface area contributed by atoms with Crippen LogP contribution in [0.4, 0.5) is 0 Å². The van der Waals surface area contributed by atoms with Crippen molar-refractivity contribution in [2.75, 3.05) is 0 Å². The van der Waals surface area contributed by atoms with Crippen molar-refractivity contribution in [3.05, 3.63) is 53.4 Å².